The maximum atomic E-state index is 5.28. The fourth-order valence-electron chi connectivity index (χ4n) is 6.99. The highest BCUT2D eigenvalue weighted by Crippen LogP contribution is 2.42. The minimum Gasteiger partial charge on any atom is -0.208 e. The van der Waals surface area contributed by atoms with Gasteiger partial charge in [0.1, 0.15) is 0 Å². The van der Waals surface area contributed by atoms with E-state index in [1.807, 2.05) is 6.07 Å². The van der Waals surface area contributed by atoms with Crippen molar-refractivity contribution >= 4 is 63.0 Å². The standard InChI is InChI=1S/C45H27N3S2/c1-2-12-28(13-3-1)29-24-26-30(27-25-29)31-14-4-5-17-36(31)43-46-44(37-20-10-18-34-32-15-6-8-22-39(32)49-41(34)37)48-45(47-43)38-21-11-19-35-33-16-7-9-23-40(33)50-42(35)38/h1-27H. The minimum atomic E-state index is 0.656. The molecule has 0 radical (unpaired) electrons. The van der Waals surface area contributed by atoms with Gasteiger partial charge in [0.05, 0.1) is 0 Å². The van der Waals surface area contributed by atoms with Gasteiger partial charge in [-0.1, -0.05) is 140 Å². The van der Waals surface area contributed by atoms with Crippen molar-refractivity contribution in [2.24, 2.45) is 0 Å². The lowest BCUT2D eigenvalue weighted by Gasteiger charge is -2.13. The molecule has 3 aromatic heterocycles. The lowest BCUT2D eigenvalue weighted by Crippen LogP contribution is -2.01. The van der Waals surface area contributed by atoms with Crippen LogP contribution in [0.1, 0.15) is 0 Å². The first-order valence-electron chi connectivity index (χ1n) is 16.6. The summed E-state index contributed by atoms with van der Waals surface area (Å²) in [6.45, 7) is 0. The molecular formula is C45H27N3S2. The second-order valence-electron chi connectivity index (χ2n) is 12.4. The molecule has 0 spiro atoms. The van der Waals surface area contributed by atoms with Crippen LogP contribution in [0.15, 0.2) is 164 Å². The molecular weight excluding hydrogens is 647 g/mol. The normalized spacial score (nSPS) is 11.6. The van der Waals surface area contributed by atoms with Crippen molar-refractivity contribution in [1.29, 1.82) is 0 Å². The predicted octanol–water partition coefficient (Wildman–Crippen LogP) is 12.9. The molecule has 0 aliphatic rings. The van der Waals surface area contributed by atoms with Crippen LogP contribution in [-0.2, 0) is 0 Å². The molecule has 5 heteroatoms. The predicted molar refractivity (Wildman–Crippen MR) is 213 cm³/mol. The highest BCUT2D eigenvalue weighted by molar-refractivity contribution is 7.26. The van der Waals surface area contributed by atoms with E-state index in [4.69, 9.17) is 15.0 Å². The van der Waals surface area contributed by atoms with E-state index in [0.717, 1.165) is 27.8 Å². The zero-order chi connectivity index (χ0) is 33.0. The Morgan fingerprint density at radius 3 is 1.26 bits per heavy atom. The molecule has 50 heavy (non-hydrogen) atoms. The van der Waals surface area contributed by atoms with E-state index in [2.05, 4.69) is 158 Å². The third-order valence-corrected chi connectivity index (χ3v) is 11.8. The van der Waals surface area contributed by atoms with Crippen LogP contribution in [0.5, 0.6) is 0 Å². The van der Waals surface area contributed by atoms with Crippen molar-refractivity contribution in [3.05, 3.63) is 164 Å². The molecule has 234 valence electrons. The number of fused-ring (bicyclic) bond motifs is 6. The fourth-order valence-corrected chi connectivity index (χ4v) is 9.41. The summed E-state index contributed by atoms with van der Waals surface area (Å²) in [6.07, 6.45) is 0. The molecule has 0 bridgehead atoms. The topological polar surface area (TPSA) is 38.7 Å². The second-order valence-corrected chi connectivity index (χ2v) is 14.5. The van der Waals surface area contributed by atoms with E-state index in [-0.39, 0.29) is 0 Å². The molecule has 0 unspecified atom stereocenters. The third-order valence-electron chi connectivity index (χ3n) is 9.40. The van der Waals surface area contributed by atoms with E-state index in [1.54, 1.807) is 22.7 Å². The van der Waals surface area contributed by atoms with Crippen molar-refractivity contribution in [1.82, 2.24) is 15.0 Å². The molecule has 3 heterocycles. The van der Waals surface area contributed by atoms with Gasteiger partial charge in [-0.15, -0.1) is 22.7 Å². The molecule has 0 N–H and O–H groups in total. The molecule has 0 amide bonds. The Balaban J connectivity index is 1.20. The van der Waals surface area contributed by atoms with Gasteiger partial charge in [-0.3, -0.25) is 0 Å². The molecule has 3 nitrogen and oxygen atoms in total. The number of nitrogens with zero attached hydrogens (tertiary/aromatic N) is 3. The summed E-state index contributed by atoms with van der Waals surface area (Å²) in [6, 6.07) is 57.8. The Morgan fingerprint density at radius 2 is 0.680 bits per heavy atom. The number of hydrogen-bond donors (Lipinski definition) is 0. The summed E-state index contributed by atoms with van der Waals surface area (Å²) >= 11 is 3.59. The van der Waals surface area contributed by atoms with Crippen LogP contribution in [0.2, 0.25) is 0 Å². The smallest absolute Gasteiger partial charge is 0.165 e. The van der Waals surface area contributed by atoms with E-state index >= 15 is 0 Å². The number of benzene rings is 7. The first-order chi connectivity index (χ1) is 24.8. The highest BCUT2D eigenvalue weighted by atomic mass is 32.1. The quantitative estimate of drug-likeness (QED) is 0.182. The lowest BCUT2D eigenvalue weighted by molar-refractivity contribution is 1.08. The van der Waals surface area contributed by atoms with Crippen LogP contribution in [0, 0.1) is 0 Å². The van der Waals surface area contributed by atoms with Gasteiger partial charge in [-0.05, 0) is 46.5 Å². The molecule has 0 atom stereocenters. The molecule has 0 aliphatic heterocycles. The number of thiophene rings is 2. The average Bonchev–Trinajstić information content (AvgIpc) is 3.77. The van der Waals surface area contributed by atoms with Crippen molar-refractivity contribution in [2.45, 2.75) is 0 Å². The van der Waals surface area contributed by atoms with Gasteiger partial charge in [-0.25, -0.2) is 15.0 Å². The first-order valence-corrected chi connectivity index (χ1v) is 18.2. The fraction of sp³-hybridized carbons (Fsp3) is 0. The van der Waals surface area contributed by atoms with Crippen LogP contribution in [0.25, 0.3) is 96.8 Å². The maximum Gasteiger partial charge on any atom is 0.165 e. The molecule has 10 aromatic rings. The third kappa shape index (κ3) is 4.82. The lowest BCUT2D eigenvalue weighted by atomic mass is 9.96. The Bertz CT molecular complexity index is 2740. The Labute approximate surface area is 296 Å². The number of hydrogen-bond acceptors (Lipinski definition) is 5. The summed E-state index contributed by atoms with van der Waals surface area (Å²) in [5.74, 6) is 2.01. The van der Waals surface area contributed by atoms with E-state index in [9.17, 15) is 0 Å². The van der Waals surface area contributed by atoms with Gasteiger partial charge < -0.3 is 0 Å². The van der Waals surface area contributed by atoms with Gasteiger partial charge in [0.15, 0.2) is 17.5 Å². The van der Waals surface area contributed by atoms with E-state index in [1.165, 1.54) is 51.5 Å². The summed E-state index contributed by atoms with van der Waals surface area (Å²) in [5.41, 5.74) is 7.58. The van der Waals surface area contributed by atoms with Crippen LogP contribution in [0.3, 0.4) is 0 Å². The van der Waals surface area contributed by atoms with E-state index in [0.29, 0.717) is 17.5 Å². The maximum absolute atomic E-state index is 5.28. The van der Waals surface area contributed by atoms with Gasteiger partial charge in [0.25, 0.3) is 0 Å². The van der Waals surface area contributed by atoms with Crippen molar-refractivity contribution < 1.29 is 0 Å². The SMILES string of the molecule is c1ccc(-c2ccc(-c3ccccc3-c3nc(-c4cccc5c4sc4ccccc45)nc(-c4cccc5c4sc4ccccc45)n3)cc2)cc1. The molecule has 0 aliphatic carbocycles. The molecule has 0 saturated carbocycles. The number of rotatable bonds is 5. The van der Waals surface area contributed by atoms with Crippen LogP contribution in [0.4, 0.5) is 0 Å². The average molecular weight is 674 g/mol. The number of aromatic nitrogens is 3. The van der Waals surface area contributed by atoms with Crippen molar-refractivity contribution in [3.63, 3.8) is 0 Å². The van der Waals surface area contributed by atoms with Gasteiger partial charge in [0.2, 0.25) is 0 Å². The second kappa shape index (κ2) is 11.8. The Kier molecular flexibility index (Phi) is 6.86. The zero-order valence-electron chi connectivity index (χ0n) is 26.7. The molecule has 7 aromatic carbocycles. The summed E-state index contributed by atoms with van der Waals surface area (Å²) in [5, 5.41) is 4.95. The monoisotopic (exact) mass is 673 g/mol. The van der Waals surface area contributed by atoms with E-state index < -0.39 is 0 Å². The Hall–Kier alpha value is -6.01. The van der Waals surface area contributed by atoms with Gasteiger partial charge in [0, 0.05) is 57.0 Å². The molecule has 0 fully saturated rings. The van der Waals surface area contributed by atoms with Gasteiger partial charge in [-0.2, -0.15) is 0 Å². The molecule has 0 saturated heterocycles. The highest BCUT2D eigenvalue weighted by Gasteiger charge is 2.20. The minimum absolute atomic E-state index is 0.656. The molecule has 10 rings (SSSR count). The van der Waals surface area contributed by atoms with Crippen LogP contribution in [-0.4, -0.2) is 15.0 Å². The summed E-state index contributed by atoms with van der Waals surface area (Å²) in [7, 11) is 0. The summed E-state index contributed by atoms with van der Waals surface area (Å²) < 4.78 is 4.87. The van der Waals surface area contributed by atoms with Gasteiger partial charge >= 0.3 is 0 Å². The first kappa shape index (κ1) is 29.0. The summed E-state index contributed by atoms with van der Waals surface area (Å²) in [4.78, 5) is 15.8. The largest absolute Gasteiger partial charge is 0.208 e. The van der Waals surface area contributed by atoms with Crippen LogP contribution >= 0.6 is 22.7 Å². The van der Waals surface area contributed by atoms with Crippen molar-refractivity contribution in [3.8, 4) is 56.4 Å². The Morgan fingerprint density at radius 1 is 0.280 bits per heavy atom. The zero-order valence-corrected chi connectivity index (χ0v) is 28.4. The van der Waals surface area contributed by atoms with Crippen molar-refractivity contribution in [2.75, 3.05) is 0 Å². The van der Waals surface area contributed by atoms with Crippen LogP contribution < -0.4 is 0 Å².